The Morgan fingerprint density at radius 1 is 1.08 bits per heavy atom. The van der Waals surface area contributed by atoms with Crippen LogP contribution in [0.15, 0.2) is 65.2 Å². The highest BCUT2D eigenvalue weighted by Gasteiger charge is 2.33. The van der Waals surface area contributed by atoms with Gasteiger partial charge in [-0.25, -0.2) is 0 Å². The largest absolute Gasteiger partial charge is 0.392 e. The molecule has 5 heteroatoms. The van der Waals surface area contributed by atoms with E-state index in [-0.39, 0.29) is 12.1 Å². The third-order valence-corrected chi connectivity index (χ3v) is 5.14. The summed E-state index contributed by atoms with van der Waals surface area (Å²) in [5, 5.41) is 14.6. The smallest absolute Gasteiger partial charge is 0.248 e. The number of hydrogen-bond acceptors (Lipinski definition) is 5. The van der Waals surface area contributed by atoms with Crippen LogP contribution in [0.2, 0.25) is 0 Å². The lowest BCUT2D eigenvalue weighted by Gasteiger charge is -2.38. The van der Waals surface area contributed by atoms with Crippen molar-refractivity contribution in [3.63, 3.8) is 0 Å². The summed E-state index contributed by atoms with van der Waals surface area (Å²) in [5.74, 6) is 1.47. The number of β-amino-alcohol motifs (C(OH)–C–C–N with tert-alkyl or cyclic N) is 1. The lowest BCUT2D eigenvalue weighted by molar-refractivity contribution is 0.0114. The molecule has 3 atom stereocenters. The molecule has 0 bridgehead atoms. The van der Waals surface area contributed by atoms with Gasteiger partial charge < -0.3 is 9.63 Å². The predicted molar refractivity (Wildman–Crippen MR) is 99.4 cm³/mol. The Labute approximate surface area is 153 Å². The molecule has 3 aromatic rings. The second-order valence-corrected chi connectivity index (χ2v) is 6.96. The Morgan fingerprint density at radius 3 is 2.46 bits per heavy atom. The number of aromatic nitrogens is 2. The second-order valence-electron chi connectivity index (χ2n) is 6.96. The molecule has 1 aliphatic rings. The Kier molecular flexibility index (Phi) is 4.82. The Morgan fingerprint density at radius 2 is 1.77 bits per heavy atom. The number of aliphatic hydroxyl groups is 1. The van der Waals surface area contributed by atoms with Gasteiger partial charge in [-0.15, -0.1) is 0 Å². The normalized spacial score (nSPS) is 22.2. The molecule has 3 unspecified atom stereocenters. The molecule has 134 valence electrons. The van der Waals surface area contributed by atoms with Crippen molar-refractivity contribution < 1.29 is 9.63 Å². The van der Waals surface area contributed by atoms with Crippen molar-refractivity contribution >= 4 is 0 Å². The highest BCUT2D eigenvalue weighted by molar-refractivity contribution is 5.53. The lowest BCUT2D eigenvalue weighted by atomic mass is 9.93. The highest BCUT2D eigenvalue weighted by atomic mass is 16.5. The number of likely N-dealkylation sites (tertiary alicyclic amines) is 1. The maximum atomic E-state index is 10.4. The minimum Gasteiger partial charge on any atom is -0.392 e. The first kappa shape index (κ1) is 16.9. The molecule has 2 heterocycles. The van der Waals surface area contributed by atoms with Gasteiger partial charge in [0.25, 0.3) is 0 Å². The maximum absolute atomic E-state index is 10.4. The molecular weight excluding hydrogens is 326 g/mol. The zero-order valence-corrected chi connectivity index (χ0v) is 14.8. The average molecular weight is 349 g/mol. The quantitative estimate of drug-likeness (QED) is 0.781. The zero-order chi connectivity index (χ0) is 17.9. The van der Waals surface area contributed by atoms with Gasteiger partial charge in [0.1, 0.15) is 6.04 Å². The highest BCUT2D eigenvalue weighted by Crippen LogP contribution is 2.32. The maximum Gasteiger partial charge on any atom is 0.248 e. The van der Waals surface area contributed by atoms with Gasteiger partial charge in [-0.2, -0.15) is 4.98 Å². The predicted octanol–water partition coefficient (Wildman–Crippen LogP) is 3.53. The van der Waals surface area contributed by atoms with Crippen LogP contribution in [0.5, 0.6) is 0 Å². The molecule has 1 fully saturated rings. The van der Waals surface area contributed by atoms with Gasteiger partial charge in [0.2, 0.25) is 11.7 Å². The molecule has 5 nitrogen and oxygen atoms in total. The van der Waals surface area contributed by atoms with Crippen molar-refractivity contribution in [3.8, 4) is 11.4 Å². The summed E-state index contributed by atoms with van der Waals surface area (Å²) in [6.07, 6.45) is 0.607. The minimum absolute atomic E-state index is 0.150. The number of rotatable bonds is 4. The standard InChI is InChI=1S/C21H23N3O2/c1-15-12-13-24(14-18(15)25)19(16-8-4-2-5-9-16)21-22-20(23-26-21)17-10-6-3-7-11-17/h2-11,15,18-19,25H,12-14H2,1H3. The van der Waals surface area contributed by atoms with E-state index in [1.807, 2.05) is 48.5 Å². The molecule has 1 aliphatic heterocycles. The van der Waals surface area contributed by atoms with Gasteiger partial charge in [-0.3, -0.25) is 4.90 Å². The van der Waals surface area contributed by atoms with E-state index < -0.39 is 0 Å². The molecule has 1 N–H and O–H groups in total. The fraction of sp³-hybridized carbons (Fsp3) is 0.333. The first-order valence-corrected chi connectivity index (χ1v) is 9.08. The fourth-order valence-electron chi connectivity index (χ4n) is 3.50. The molecule has 26 heavy (non-hydrogen) atoms. The summed E-state index contributed by atoms with van der Waals surface area (Å²) in [6, 6.07) is 19.8. The van der Waals surface area contributed by atoms with E-state index in [4.69, 9.17) is 4.52 Å². The van der Waals surface area contributed by atoms with E-state index in [0.29, 0.717) is 24.2 Å². The van der Waals surface area contributed by atoms with Crippen LogP contribution in [0.3, 0.4) is 0 Å². The lowest BCUT2D eigenvalue weighted by Crippen LogP contribution is -2.44. The molecule has 0 spiro atoms. The molecule has 0 aliphatic carbocycles. The van der Waals surface area contributed by atoms with Crippen LogP contribution in [0, 0.1) is 5.92 Å². The monoisotopic (exact) mass is 349 g/mol. The van der Waals surface area contributed by atoms with Gasteiger partial charge >= 0.3 is 0 Å². The van der Waals surface area contributed by atoms with Crippen molar-refractivity contribution in [2.24, 2.45) is 5.92 Å². The summed E-state index contributed by atoms with van der Waals surface area (Å²) >= 11 is 0. The number of benzene rings is 2. The summed E-state index contributed by atoms with van der Waals surface area (Å²) in [5.41, 5.74) is 2.03. The SMILES string of the molecule is CC1CCN(C(c2ccccc2)c2nc(-c3ccccc3)no2)CC1O. The van der Waals surface area contributed by atoms with Gasteiger partial charge in [0.05, 0.1) is 6.10 Å². The van der Waals surface area contributed by atoms with E-state index in [9.17, 15) is 5.11 Å². The van der Waals surface area contributed by atoms with Crippen molar-refractivity contribution in [2.75, 3.05) is 13.1 Å². The first-order chi connectivity index (χ1) is 12.7. The molecule has 1 aromatic heterocycles. The summed E-state index contributed by atoms with van der Waals surface area (Å²) in [7, 11) is 0. The summed E-state index contributed by atoms with van der Waals surface area (Å²) in [6.45, 7) is 3.59. The van der Waals surface area contributed by atoms with E-state index in [0.717, 1.165) is 24.1 Å². The Bertz CT molecular complexity index is 835. The number of aliphatic hydroxyl groups excluding tert-OH is 1. The molecule has 0 saturated carbocycles. The third kappa shape index (κ3) is 3.41. The van der Waals surface area contributed by atoms with E-state index in [2.05, 4.69) is 34.1 Å². The van der Waals surface area contributed by atoms with Crippen LogP contribution < -0.4 is 0 Å². The minimum atomic E-state index is -0.341. The third-order valence-electron chi connectivity index (χ3n) is 5.14. The summed E-state index contributed by atoms with van der Waals surface area (Å²) in [4.78, 5) is 6.91. The van der Waals surface area contributed by atoms with E-state index in [1.54, 1.807) is 0 Å². The number of piperidine rings is 1. The average Bonchev–Trinajstić information content (AvgIpc) is 3.16. The van der Waals surface area contributed by atoms with Crippen LogP contribution in [0.25, 0.3) is 11.4 Å². The Balaban J connectivity index is 1.69. The van der Waals surface area contributed by atoms with Gasteiger partial charge in [0, 0.05) is 12.1 Å². The summed E-state index contributed by atoms with van der Waals surface area (Å²) < 4.78 is 5.67. The van der Waals surface area contributed by atoms with Crippen molar-refractivity contribution in [1.29, 1.82) is 0 Å². The molecule has 2 aromatic carbocycles. The molecule has 0 radical (unpaired) electrons. The number of hydrogen-bond donors (Lipinski definition) is 1. The molecular formula is C21H23N3O2. The molecule has 0 amide bonds. The molecule has 1 saturated heterocycles. The Hall–Kier alpha value is -2.50. The van der Waals surface area contributed by atoms with Crippen molar-refractivity contribution in [3.05, 3.63) is 72.1 Å². The second kappa shape index (κ2) is 7.40. The van der Waals surface area contributed by atoms with Gasteiger partial charge in [-0.1, -0.05) is 72.7 Å². The van der Waals surface area contributed by atoms with Crippen molar-refractivity contribution in [1.82, 2.24) is 15.0 Å². The fourth-order valence-corrected chi connectivity index (χ4v) is 3.50. The topological polar surface area (TPSA) is 62.4 Å². The van der Waals surface area contributed by atoms with Gasteiger partial charge in [0.15, 0.2) is 0 Å². The first-order valence-electron chi connectivity index (χ1n) is 9.08. The van der Waals surface area contributed by atoms with Crippen LogP contribution in [-0.2, 0) is 0 Å². The zero-order valence-electron chi connectivity index (χ0n) is 14.8. The van der Waals surface area contributed by atoms with Crippen LogP contribution in [0.4, 0.5) is 0 Å². The van der Waals surface area contributed by atoms with Crippen LogP contribution in [-0.4, -0.2) is 39.3 Å². The van der Waals surface area contributed by atoms with Crippen LogP contribution in [0.1, 0.15) is 30.8 Å². The van der Waals surface area contributed by atoms with E-state index in [1.165, 1.54) is 0 Å². The number of nitrogens with zero attached hydrogens (tertiary/aromatic N) is 3. The molecule has 4 rings (SSSR count). The van der Waals surface area contributed by atoms with E-state index >= 15 is 0 Å². The van der Waals surface area contributed by atoms with Crippen molar-refractivity contribution in [2.45, 2.75) is 25.5 Å². The van der Waals surface area contributed by atoms with Crippen LogP contribution >= 0.6 is 0 Å². The van der Waals surface area contributed by atoms with Gasteiger partial charge in [-0.05, 0) is 24.4 Å².